The molecule has 2 N–H and O–H groups in total. The molecule has 0 amide bonds. The van der Waals surface area contributed by atoms with Gasteiger partial charge in [0.05, 0.1) is 0 Å². The van der Waals surface area contributed by atoms with Crippen molar-refractivity contribution in [1.29, 1.82) is 0 Å². The van der Waals surface area contributed by atoms with E-state index < -0.39 is 12.1 Å². The van der Waals surface area contributed by atoms with Crippen LogP contribution in [0.25, 0.3) is 0 Å². The Bertz CT molecular complexity index is 533. The molecule has 0 heterocycles. The number of carbonyl (C=O) groups is 1. The van der Waals surface area contributed by atoms with E-state index in [-0.39, 0.29) is 22.3 Å². The molecule has 0 bridgehead atoms. The minimum absolute atomic E-state index is 0.0172. The van der Waals surface area contributed by atoms with Crippen molar-refractivity contribution >= 4 is 5.97 Å². The average Bonchev–Trinajstić information content (AvgIpc) is 2.28. The van der Waals surface area contributed by atoms with E-state index in [4.69, 9.17) is 9.84 Å². The fraction of sp³-hybridized carbons (Fsp3) is 0.588. The number of phenols is 1. The first kappa shape index (κ1) is 17.3. The van der Waals surface area contributed by atoms with Gasteiger partial charge in [-0.15, -0.1) is 0 Å². The van der Waals surface area contributed by atoms with Gasteiger partial charge in [-0.2, -0.15) is 0 Å². The molecule has 1 aromatic rings. The summed E-state index contributed by atoms with van der Waals surface area (Å²) in [4.78, 5) is 11.0. The first-order valence-electron chi connectivity index (χ1n) is 7.11. The van der Waals surface area contributed by atoms with Gasteiger partial charge in [0.15, 0.2) is 17.6 Å². The van der Waals surface area contributed by atoms with Crippen LogP contribution in [-0.4, -0.2) is 22.3 Å². The molecule has 0 saturated carbocycles. The summed E-state index contributed by atoms with van der Waals surface area (Å²) in [6.45, 7) is 13.6. The summed E-state index contributed by atoms with van der Waals surface area (Å²) in [6.07, 6.45) is -1.01. The molecule has 0 aliphatic carbocycles. The van der Waals surface area contributed by atoms with Crippen LogP contribution in [0.5, 0.6) is 11.5 Å². The maximum Gasteiger partial charge on any atom is 0.344 e. The van der Waals surface area contributed by atoms with Gasteiger partial charge in [-0.25, -0.2) is 4.79 Å². The van der Waals surface area contributed by atoms with E-state index in [9.17, 15) is 9.90 Å². The van der Waals surface area contributed by atoms with Gasteiger partial charge in [0.2, 0.25) is 0 Å². The first-order valence-corrected chi connectivity index (χ1v) is 7.11. The van der Waals surface area contributed by atoms with Crippen LogP contribution in [0.2, 0.25) is 0 Å². The monoisotopic (exact) mass is 294 g/mol. The Labute approximate surface area is 126 Å². The molecule has 21 heavy (non-hydrogen) atoms. The van der Waals surface area contributed by atoms with Crippen LogP contribution in [0.4, 0.5) is 0 Å². The molecule has 0 aliphatic rings. The maximum atomic E-state index is 11.0. The Morgan fingerprint density at radius 2 is 1.62 bits per heavy atom. The van der Waals surface area contributed by atoms with Gasteiger partial charge >= 0.3 is 5.97 Å². The van der Waals surface area contributed by atoms with Gasteiger partial charge in [0.25, 0.3) is 0 Å². The topological polar surface area (TPSA) is 66.8 Å². The maximum absolute atomic E-state index is 11.0. The second-order valence-corrected chi connectivity index (χ2v) is 7.47. The molecule has 4 heteroatoms. The second-order valence-electron chi connectivity index (χ2n) is 7.47. The fourth-order valence-electron chi connectivity index (χ4n) is 1.94. The van der Waals surface area contributed by atoms with Crippen LogP contribution in [0.3, 0.4) is 0 Å². The number of hydrogen-bond acceptors (Lipinski definition) is 3. The van der Waals surface area contributed by atoms with Crippen LogP contribution >= 0.6 is 0 Å². The second kappa shape index (κ2) is 5.58. The Morgan fingerprint density at radius 1 is 1.10 bits per heavy atom. The fourth-order valence-corrected chi connectivity index (χ4v) is 1.94. The molecule has 4 nitrogen and oxygen atoms in total. The number of aliphatic carboxylic acids is 1. The SMILES string of the molecule is CC(Oc1cc(C(C)(C)C)cc(C(C)(C)C)c1O)C(=O)O. The standard InChI is InChI=1S/C17H26O4/c1-10(15(19)20)21-13-9-11(16(2,3)4)8-12(14(13)18)17(5,6)7/h8-10,18H,1-7H3,(H,19,20). The van der Waals surface area contributed by atoms with E-state index in [2.05, 4.69) is 20.8 Å². The summed E-state index contributed by atoms with van der Waals surface area (Å²) in [5.41, 5.74) is 1.36. The van der Waals surface area contributed by atoms with Gasteiger partial charge in [-0.05, 0) is 29.4 Å². The predicted molar refractivity (Wildman–Crippen MR) is 83.2 cm³/mol. The largest absolute Gasteiger partial charge is 0.504 e. The van der Waals surface area contributed by atoms with E-state index in [1.54, 1.807) is 6.07 Å². The zero-order valence-corrected chi connectivity index (χ0v) is 13.9. The summed E-state index contributed by atoms with van der Waals surface area (Å²) >= 11 is 0. The van der Waals surface area contributed by atoms with Gasteiger partial charge in [-0.3, -0.25) is 0 Å². The Morgan fingerprint density at radius 3 is 2.00 bits per heavy atom. The third-order valence-corrected chi connectivity index (χ3v) is 3.40. The number of benzene rings is 1. The highest BCUT2D eigenvalue weighted by Crippen LogP contribution is 2.41. The van der Waals surface area contributed by atoms with Crippen LogP contribution in [-0.2, 0) is 15.6 Å². The molecular weight excluding hydrogens is 268 g/mol. The number of ether oxygens (including phenoxy) is 1. The molecule has 1 unspecified atom stereocenters. The van der Waals surface area contributed by atoms with Crippen molar-refractivity contribution in [3.63, 3.8) is 0 Å². The molecule has 0 radical (unpaired) electrons. The zero-order valence-electron chi connectivity index (χ0n) is 13.9. The van der Waals surface area contributed by atoms with Crippen molar-refractivity contribution < 1.29 is 19.7 Å². The summed E-state index contributed by atoms with van der Waals surface area (Å²) in [6, 6.07) is 3.69. The highest BCUT2D eigenvalue weighted by atomic mass is 16.5. The lowest BCUT2D eigenvalue weighted by molar-refractivity contribution is -0.144. The molecule has 118 valence electrons. The van der Waals surface area contributed by atoms with Gasteiger partial charge in [0, 0.05) is 5.56 Å². The van der Waals surface area contributed by atoms with Crippen LogP contribution in [0.1, 0.15) is 59.6 Å². The number of carboxylic acids is 1. The minimum Gasteiger partial charge on any atom is -0.504 e. The molecular formula is C17H26O4. The first-order chi connectivity index (χ1) is 9.34. The summed E-state index contributed by atoms with van der Waals surface area (Å²) < 4.78 is 5.43. The molecule has 0 spiro atoms. The number of hydrogen-bond donors (Lipinski definition) is 2. The molecule has 0 aliphatic heterocycles. The van der Waals surface area contributed by atoms with Crippen LogP contribution in [0, 0.1) is 0 Å². The number of carboxylic acid groups (broad SMARTS) is 1. The van der Waals surface area contributed by atoms with Crippen molar-refractivity contribution in [1.82, 2.24) is 0 Å². The Balaban J connectivity index is 3.45. The predicted octanol–water partition coefficient (Wildman–Crippen LogP) is 3.84. The molecule has 0 saturated heterocycles. The highest BCUT2D eigenvalue weighted by molar-refractivity contribution is 5.72. The Kier molecular flexibility index (Phi) is 4.61. The van der Waals surface area contributed by atoms with Crippen molar-refractivity contribution in [2.75, 3.05) is 0 Å². The summed E-state index contributed by atoms with van der Waals surface area (Å²) in [7, 11) is 0. The van der Waals surface area contributed by atoms with E-state index in [0.717, 1.165) is 11.1 Å². The van der Waals surface area contributed by atoms with E-state index >= 15 is 0 Å². The molecule has 1 atom stereocenters. The zero-order chi connectivity index (χ0) is 16.6. The van der Waals surface area contributed by atoms with Crippen LogP contribution in [0.15, 0.2) is 12.1 Å². The van der Waals surface area contributed by atoms with E-state index in [1.165, 1.54) is 6.92 Å². The number of aromatic hydroxyl groups is 1. The van der Waals surface area contributed by atoms with Crippen molar-refractivity contribution in [2.24, 2.45) is 0 Å². The van der Waals surface area contributed by atoms with Gasteiger partial charge < -0.3 is 14.9 Å². The molecule has 1 aromatic carbocycles. The third kappa shape index (κ3) is 4.13. The third-order valence-electron chi connectivity index (χ3n) is 3.40. The highest BCUT2D eigenvalue weighted by Gasteiger charge is 2.27. The average molecular weight is 294 g/mol. The lowest BCUT2D eigenvalue weighted by Gasteiger charge is -2.27. The van der Waals surface area contributed by atoms with Crippen molar-refractivity contribution in [2.45, 2.75) is 65.4 Å². The van der Waals surface area contributed by atoms with Gasteiger partial charge in [-0.1, -0.05) is 47.6 Å². The lowest BCUT2D eigenvalue weighted by atomic mass is 9.80. The number of phenolic OH excluding ortho intramolecular Hbond substituents is 1. The van der Waals surface area contributed by atoms with E-state index in [0.29, 0.717) is 0 Å². The summed E-state index contributed by atoms with van der Waals surface area (Å²) in [5, 5.41) is 19.4. The van der Waals surface area contributed by atoms with Crippen LogP contribution < -0.4 is 4.74 Å². The number of rotatable bonds is 3. The normalized spacial score (nSPS) is 13.9. The minimum atomic E-state index is -1.06. The lowest BCUT2D eigenvalue weighted by Crippen LogP contribution is -2.24. The van der Waals surface area contributed by atoms with E-state index in [1.807, 2.05) is 26.8 Å². The van der Waals surface area contributed by atoms with Crippen molar-refractivity contribution in [3.8, 4) is 11.5 Å². The summed E-state index contributed by atoms with van der Waals surface area (Å²) in [5.74, 6) is -0.821. The Hall–Kier alpha value is -1.71. The molecule has 0 fully saturated rings. The van der Waals surface area contributed by atoms with Crippen molar-refractivity contribution in [3.05, 3.63) is 23.3 Å². The smallest absolute Gasteiger partial charge is 0.344 e. The van der Waals surface area contributed by atoms with Gasteiger partial charge in [0.1, 0.15) is 0 Å². The molecule has 1 rings (SSSR count). The molecule has 0 aromatic heterocycles. The quantitative estimate of drug-likeness (QED) is 0.889.